The van der Waals surface area contributed by atoms with Crippen molar-refractivity contribution < 1.29 is 23.8 Å². The second-order valence-corrected chi connectivity index (χ2v) is 16.4. The molecule has 0 rings (SSSR count). The molecule has 0 fully saturated rings. The predicted octanol–water partition coefficient (Wildman–Crippen LogP) is 16.9. The van der Waals surface area contributed by atoms with Crippen LogP contribution in [-0.2, 0) is 23.8 Å². The first kappa shape index (κ1) is 57.1. The summed E-state index contributed by atoms with van der Waals surface area (Å²) in [6.07, 6.45) is 66.2. The third-order valence-corrected chi connectivity index (χ3v) is 10.4. The summed E-state index contributed by atoms with van der Waals surface area (Å²) in [7, 11) is 0. The van der Waals surface area contributed by atoms with Gasteiger partial charge in [0.2, 0.25) is 0 Å². The normalized spacial score (nSPS) is 12.9. The lowest BCUT2D eigenvalue weighted by molar-refractivity contribution is -0.162. The minimum absolute atomic E-state index is 0.0284. The van der Waals surface area contributed by atoms with Crippen LogP contribution in [0.4, 0.5) is 0 Å². The summed E-state index contributed by atoms with van der Waals surface area (Å²) in [6.45, 7) is 7.56. The second-order valence-electron chi connectivity index (χ2n) is 16.4. The van der Waals surface area contributed by atoms with E-state index in [-0.39, 0.29) is 31.6 Å². The highest BCUT2D eigenvalue weighted by Gasteiger charge is 2.17. The van der Waals surface area contributed by atoms with Crippen molar-refractivity contribution in [2.24, 2.45) is 0 Å². The molecule has 0 spiro atoms. The average molecular weight is 835 g/mol. The Morgan fingerprint density at radius 1 is 0.400 bits per heavy atom. The largest absolute Gasteiger partial charge is 0.461 e. The molecule has 0 bridgehead atoms. The Bertz CT molecular complexity index is 1130. The molecule has 344 valence electrons. The van der Waals surface area contributed by atoms with Crippen LogP contribution in [0.15, 0.2) is 85.1 Å². The Morgan fingerprint density at radius 2 is 0.800 bits per heavy atom. The Morgan fingerprint density at radius 3 is 1.32 bits per heavy atom. The molecule has 0 saturated carbocycles. The maximum absolute atomic E-state index is 12.7. The summed E-state index contributed by atoms with van der Waals surface area (Å²) in [4.78, 5) is 25.2. The van der Waals surface area contributed by atoms with Crippen LogP contribution in [0, 0.1) is 0 Å². The Kier molecular flexibility index (Phi) is 48.0. The fraction of sp³-hybridized carbons (Fsp3) is 0.709. The van der Waals surface area contributed by atoms with E-state index >= 15 is 0 Å². The van der Waals surface area contributed by atoms with Crippen LogP contribution in [0.2, 0.25) is 0 Å². The lowest BCUT2D eigenvalue weighted by atomic mass is 10.1. The third kappa shape index (κ3) is 47.8. The molecular weight excluding hydrogens is 741 g/mol. The van der Waals surface area contributed by atoms with E-state index in [1.165, 1.54) is 122 Å². The van der Waals surface area contributed by atoms with Gasteiger partial charge in [0, 0.05) is 13.0 Å². The maximum Gasteiger partial charge on any atom is 0.309 e. The van der Waals surface area contributed by atoms with E-state index in [1.807, 2.05) is 12.2 Å². The number of rotatable bonds is 45. The molecule has 5 nitrogen and oxygen atoms in total. The van der Waals surface area contributed by atoms with Gasteiger partial charge in [-0.2, -0.15) is 0 Å². The van der Waals surface area contributed by atoms with Crippen molar-refractivity contribution in [1.29, 1.82) is 0 Å². The van der Waals surface area contributed by atoms with Crippen LogP contribution in [0.5, 0.6) is 0 Å². The van der Waals surface area contributed by atoms with Crippen molar-refractivity contribution in [2.75, 3.05) is 19.8 Å². The van der Waals surface area contributed by atoms with Crippen molar-refractivity contribution in [3.05, 3.63) is 85.1 Å². The van der Waals surface area contributed by atoms with Crippen LogP contribution >= 0.6 is 0 Å². The van der Waals surface area contributed by atoms with Crippen LogP contribution in [0.25, 0.3) is 0 Å². The highest BCUT2D eigenvalue weighted by Crippen LogP contribution is 2.14. The van der Waals surface area contributed by atoms with E-state index in [4.69, 9.17) is 14.2 Å². The summed E-state index contributed by atoms with van der Waals surface area (Å²) in [5, 5.41) is 0. The van der Waals surface area contributed by atoms with Gasteiger partial charge in [-0.3, -0.25) is 9.59 Å². The predicted molar refractivity (Wildman–Crippen MR) is 260 cm³/mol. The van der Waals surface area contributed by atoms with Gasteiger partial charge in [0.1, 0.15) is 6.61 Å². The van der Waals surface area contributed by atoms with Gasteiger partial charge < -0.3 is 14.2 Å². The highest BCUT2D eigenvalue weighted by molar-refractivity contribution is 5.71. The Labute approximate surface area is 371 Å². The first-order valence-electron chi connectivity index (χ1n) is 25.1. The molecular formula is C55H94O5. The molecule has 0 N–H and O–H groups in total. The summed E-state index contributed by atoms with van der Waals surface area (Å²) in [5.41, 5.74) is 0. The Balaban J connectivity index is 4.28. The molecule has 5 heteroatoms. The van der Waals surface area contributed by atoms with Gasteiger partial charge >= 0.3 is 11.9 Å². The van der Waals surface area contributed by atoms with Gasteiger partial charge in [-0.15, -0.1) is 0 Å². The van der Waals surface area contributed by atoms with E-state index in [1.54, 1.807) is 0 Å². The van der Waals surface area contributed by atoms with Gasteiger partial charge in [-0.25, -0.2) is 0 Å². The summed E-state index contributed by atoms with van der Waals surface area (Å²) in [5.74, 6) is -0.547. The molecule has 0 aromatic rings. The van der Waals surface area contributed by atoms with Crippen molar-refractivity contribution in [2.45, 2.75) is 232 Å². The molecule has 0 aliphatic rings. The number of hydrogen-bond donors (Lipinski definition) is 0. The minimum Gasteiger partial charge on any atom is -0.461 e. The van der Waals surface area contributed by atoms with Gasteiger partial charge in [-0.05, 0) is 77.0 Å². The molecule has 0 amide bonds. The number of hydrogen-bond acceptors (Lipinski definition) is 5. The first-order valence-corrected chi connectivity index (χ1v) is 25.1. The van der Waals surface area contributed by atoms with E-state index < -0.39 is 6.10 Å². The van der Waals surface area contributed by atoms with E-state index in [0.717, 1.165) is 70.6 Å². The number of unbranched alkanes of at least 4 members (excludes halogenated alkanes) is 21. The number of esters is 2. The molecule has 1 unspecified atom stereocenters. The van der Waals surface area contributed by atoms with Crippen LogP contribution in [-0.4, -0.2) is 37.9 Å². The van der Waals surface area contributed by atoms with Crippen LogP contribution in [0.1, 0.15) is 226 Å². The molecule has 60 heavy (non-hydrogen) atoms. The highest BCUT2D eigenvalue weighted by atomic mass is 16.6. The van der Waals surface area contributed by atoms with E-state index in [9.17, 15) is 9.59 Å². The number of carbonyl (C=O) groups excluding carboxylic acids is 2. The zero-order chi connectivity index (χ0) is 43.5. The van der Waals surface area contributed by atoms with Gasteiger partial charge in [0.05, 0.1) is 13.0 Å². The summed E-state index contributed by atoms with van der Waals surface area (Å²) in [6, 6.07) is 0. The van der Waals surface area contributed by atoms with Crippen molar-refractivity contribution >= 4 is 11.9 Å². The molecule has 0 heterocycles. The standard InChI is InChI=1S/C55H94O5/c1-4-7-10-13-16-19-21-23-25-26-27-28-29-31-33-35-38-41-44-47-50-58-51-53(60-55(57)49-46-43-40-36-18-15-12-9-6-3)52-59-54(56)48-45-42-39-37-34-32-30-24-22-20-17-14-11-8-5-2/h8,11,16-17,19-20,23-25,30,34,37,42,45,53H,4-7,9-10,12-15,18,21-22,26-29,31-33,35-36,38-41,43-44,46-52H2,1-3H3/b11-8-,19-16-,20-17-,25-23-,30-24-,37-34-,45-42-. The van der Waals surface area contributed by atoms with Gasteiger partial charge in [-0.1, -0.05) is 221 Å². The SMILES string of the molecule is CC/C=C\C/C=C\C/C=C\C/C=C\C/C=C\CC(=O)OCC(COCCCCCCCCCCCC/C=C\C/C=C\CCCCC)OC(=O)CCCCCCCCCCC. The fourth-order valence-corrected chi connectivity index (χ4v) is 6.73. The first-order chi connectivity index (χ1) is 29.6. The molecule has 0 radical (unpaired) electrons. The maximum atomic E-state index is 12.7. The zero-order valence-electron chi connectivity index (χ0n) is 39.5. The minimum atomic E-state index is -0.577. The molecule has 1 atom stereocenters. The molecule has 0 aromatic heterocycles. The molecule has 0 aromatic carbocycles. The fourth-order valence-electron chi connectivity index (χ4n) is 6.73. The molecule has 0 saturated heterocycles. The van der Waals surface area contributed by atoms with Crippen LogP contribution < -0.4 is 0 Å². The van der Waals surface area contributed by atoms with Crippen molar-refractivity contribution in [3.8, 4) is 0 Å². The third-order valence-electron chi connectivity index (χ3n) is 10.4. The van der Waals surface area contributed by atoms with E-state index in [0.29, 0.717) is 13.0 Å². The lowest BCUT2D eigenvalue weighted by Gasteiger charge is -2.18. The quantitative estimate of drug-likeness (QED) is 0.0347. The van der Waals surface area contributed by atoms with Crippen LogP contribution in [0.3, 0.4) is 0 Å². The summed E-state index contributed by atoms with van der Waals surface area (Å²) >= 11 is 0. The molecule has 0 aliphatic carbocycles. The van der Waals surface area contributed by atoms with Crippen molar-refractivity contribution in [1.82, 2.24) is 0 Å². The van der Waals surface area contributed by atoms with Crippen molar-refractivity contribution in [3.63, 3.8) is 0 Å². The van der Waals surface area contributed by atoms with Gasteiger partial charge in [0.25, 0.3) is 0 Å². The lowest BCUT2D eigenvalue weighted by Crippen LogP contribution is -2.30. The zero-order valence-corrected chi connectivity index (χ0v) is 39.5. The van der Waals surface area contributed by atoms with Gasteiger partial charge in [0.15, 0.2) is 6.10 Å². The Hall–Kier alpha value is -2.92. The number of carbonyl (C=O) groups is 2. The summed E-state index contributed by atoms with van der Waals surface area (Å²) < 4.78 is 17.2. The average Bonchev–Trinajstić information content (AvgIpc) is 3.25. The second kappa shape index (κ2) is 50.4. The topological polar surface area (TPSA) is 61.8 Å². The smallest absolute Gasteiger partial charge is 0.309 e. The molecule has 0 aliphatic heterocycles. The monoisotopic (exact) mass is 835 g/mol. The number of ether oxygens (including phenoxy) is 3. The number of allylic oxidation sites excluding steroid dienone is 13. The van der Waals surface area contributed by atoms with E-state index in [2.05, 4.69) is 93.7 Å².